The molecule has 2 atom stereocenters. The van der Waals surface area contributed by atoms with Crippen molar-refractivity contribution in [1.82, 2.24) is 5.16 Å². The summed E-state index contributed by atoms with van der Waals surface area (Å²) in [6.07, 6.45) is 7.13. The number of carbonyl (C=O) groups is 1. The number of allylic oxidation sites excluding steroid dienone is 3. The van der Waals surface area contributed by atoms with E-state index in [4.69, 9.17) is 14.0 Å². The van der Waals surface area contributed by atoms with Crippen LogP contribution in [0.15, 0.2) is 22.2 Å². The number of hydrogen-bond acceptors (Lipinski definition) is 5. The highest BCUT2D eigenvalue weighted by molar-refractivity contribution is 6.03. The van der Waals surface area contributed by atoms with Gasteiger partial charge in [0.2, 0.25) is 0 Å². The molecule has 0 aromatic carbocycles. The molecular formula is C19H23NO4. The zero-order chi connectivity index (χ0) is 16.7. The highest BCUT2D eigenvalue weighted by atomic mass is 16.6. The summed E-state index contributed by atoms with van der Waals surface area (Å²) in [7, 11) is 0. The van der Waals surface area contributed by atoms with Crippen molar-refractivity contribution in [3.8, 4) is 0 Å². The Morgan fingerprint density at radius 3 is 2.71 bits per heavy atom. The van der Waals surface area contributed by atoms with Gasteiger partial charge in [-0.2, -0.15) is 0 Å². The van der Waals surface area contributed by atoms with E-state index in [2.05, 4.69) is 11.2 Å². The number of aryl methyl sites for hydroxylation is 2. The van der Waals surface area contributed by atoms with Gasteiger partial charge in [0.25, 0.3) is 0 Å². The highest BCUT2D eigenvalue weighted by Crippen LogP contribution is 2.45. The molecule has 5 nitrogen and oxygen atoms in total. The molecule has 24 heavy (non-hydrogen) atoms. The Morgan fingerprint density at radius 2 is 2.08 bits per heavy atom. The summed E-state index contributed by atoms with van der Waals surface area (Å²) in [6.45, 7) is 5.28. The van der Waals surface area contributed by atoms with E-state index in [-0.39, 0.29) is 5.78 Å². The van der Waals surface area contributed by atoms with Gasteiger partial charge in [0.1, 0.15) is 11.9 Å². The first kappa shape index (κ1) is 15.8. The Labute approximate surface area is 141 Å². The van der Waals surface area contributed by atoms with Crippen LogP contribution < -0.4 is 0 Å². The molecule has 1 saturated heterocycles. The third kappa shape index (κ3) is 2.98. The third-order valence-corrected chi connectivity index (χ3v) is 5.15. The molecular weight excluding hydrogens is 306 g/mol. The largest absolute Gasteiger partial charge is 0.376 e. The van der Waals surface area contributed by atoms with Crippen LogP contribution in [0.4, 0.5) is 0 Å². The van der Waals surface area contributed by atoms with Gasteiger partial charge in [-0.25, -0.2) is 0 Å². The maximum absolute atomic E-state index is 12.9. The topological polar surface area (TPSA) is 61.6 Å². The van der Waals surface area contributed by atoms with Crippen molar-refractivity contribution in [1.29, 1.82) is 0 Å². The molecule has 0 radical (unpaired) electrons. The van der Waals surface area contributed by atoms with E-state index >= 15 is 0 Å². The minimum Gasteiger partial charge on any atom is -0.376 e. The molecule has 2 fully saturated rings. The number of carbonyl (C=O) groups excluding carboxylic acids is 1. The van der Waals surface area contributed by atoms with Gasteiger partial charge in [0.05, 0.1) is 25.5 Å². The summed E-state index contributed by atoms with van der Waals surface area (Å²) in [5.74, 6) is 1.96. The minimum absolute atomic E-state index is 0.0318. The molecule has 0 spiro atoms. The Bertz CT molecular complexity index is 685. The lowest BCUT2D eigenvalue weighted by Gasteiger charge is -2.26. The van der Waals surface area contributed by atoms with Gasteiger partial charge in [-0.05, 0) is 56.6 Å². The fourth-order valence-electron chi connectivity index (χ4n) is 3.76. The molecule has 0 bridgehead atoms. The lowest BCUT2D eigenvalue weighted by molar-refractivity contribution is -0.141. The number of rotatable bonds is 4. The normalized spacial score (nSPS) is 27.6. The second-order valence-corrected chi connectivity index (χ2v) is 6.99. The van der Waals surface area contributed by atoms with E-state index in [0.29, 0.717) is 31.7 Å². The van der Waals surface area contributed by atoms with Gasteiger partial charge in [0, 0.05) is 11.1 Å². The summed E-state index contributed by atoms with van der Waals surface area (Å²) in [6, 6.07) is 0. The maximum atomic E-state index is 12.9. The number of Topliss-reactive ketones (excluding diaryl/α,β-unsaturated/α-hetero) is 1. The van der Waals surface area contributed by atoms with Crippen LogP contribution in [0.5, 0.6) is 0 Å². The van der Waals surface area contributed by atoms with Crippen molar-refractivity contribution < 1.29 is 18.8 Å². The summed E-state index contributed by atoms with van der Waals surface area (Å²) < 4.78 is 16.3. The predicted octanol–water partition coefficient (Wildman–Crippen LogP) is 3.02. The van der Waals surface area contributed by atoms with Crippen molar-refractivity contribution in [2.24, 2.45) is 11.8 Å². The van der Waals surface area contributed by atoms with Crippen LogP contribution in [0, 0.1) is 25.7 Å². The van der Waals surface area contributed by atoms with Crippen molar-refractivity contribution >= 4 is 11.4 Å². The standard InChI is InChI=1S/C19H23NO4/c1-11-18(12(2)24-20-11)15-7-14(13-3-4-13)8-16(9-15)19(21)17-10-22-5-6-23-17/h8-9,13-14,17H,3-7,10H2,1-2H3. The highest BCUT2D eigenvalue weighted by Gasteiger charge is 2.35. The van der Waals surface area contributed by atoms with Gasteiger partial charge in [-0.15, -0.1) is 0 Å². The van der Waals surface area contributed by atoms with Crippen molar-refractivity contribution in [2.45, 2.75) is 39.2 Å². The molecule has 128 valence electrons. The van der Waals surface area contributed by atoms with Crippen molar-refractivity contribution in [3.63, 3.8) is 0 Å². The van der Waals surface area contributed by atoms with Crippen LogP contribution in [0.25, 0.3) is 5.57 Å². The van der Waals surface area contributed by atoms with Crippen LogP contribution in [0.2, 0.25) is 0 Å². The molecule has 2 heterocycles. The molecule has 1 aliphatic heterocycles. The molecule has 4 rings (SSSR count). The fraction of sp³-hybridized carbons (Fsp3) is 0.579. The van der Waals surface area contributed by atoms with E-state index < -0.39 is 6.10 Å². The minimum atomic E-state index is -0.481. The quantitative estimate of drug-likeness (QED) is 0.850. The fourth-order valence-corrected chi connectivity index (χ4v) is 3.76. The Morgan fingerprint density at radius 1 is 1.25 bits per heavy atom. The Balaban J connectivity index is 1.66. The zero-order valence-corrected chi connectivity index (χ0v) is 14.2. The van der Waals surface area contributed by atoms with Crippen LogP contribution in [0.3, 0.4) is 0 Å². The van der Waals surface area contributed by atoms with E-state index in [1.807, 2.05) is 19.9 Å². The third-order valence-electron chi connectivity index (χ3n) is 5.15. The summed E-state index contributed by atoms with van der Waals surface area (Å²) in [4.78, 5) is 12.9. The summed E-state index contributed by atoms with van der Waals surface area (Å²) in [5, 5.41) is 4.07. The SMILES string of the molecule is Cc1noc(C)c1C1=CC(C(=O)C2COCCO2)=CC(C2CC2)C1. The monoisotopic (exact) mass is 329 g/mol. The van der Waals surface area contributed by atoms with Gasteiger partial charge in [-0.1, -0.05) is 11.2 Å². The molecule has 1 aromatic rings. The van der Waals surface area contributed by atoms with Crippen LogP contribution in [0.1, 0.15) is 36.3 Å². The lowest BCUT2D eigenvalue weighted by atomic mass is 9.82. The second kappa shape index (κ2) is 6.30. The molecule has 0 N–H and O–H groups in total. The number of nitrogens with zero attached hydrogens (tertiary/aromatic N) is 1. The van der Waals surface area contributed by atoms with Crippen LogP contribution in [-0.4, -0.2) is 36.9 Å². The number of aromatic nitrogens is 1. The molecule has 5 heteroatoms. The number of hydrogen-bond donors (Lipinski definition) is 0. The summed E-state index contributed by atoms with van der Waals surface area (Å²) in [5.41, 5.74) is 3.86. The predicted molar refractivity (Wildman–Crippen MR) is 88.4 cm³/mol. The summed E-state index contributed by atoms with van der Waals surface area (Å²) >= 11 is 0. The molecule has 1 aromatic heterocycles. The van der Waals surface area contributed by atoms with Gasteiger partial charge < -0.3 is 14.0 Å². The number of ketones is 1. The first-order chi connectivity index (χ1) is 11.6. The number of ether oxygens (including phenoxy) is 2. The van der Waals surface area contributed by atoms with E-state index in [0.717, 1.165) is 34.6 Å². The van der Waals surface area contributed by atoms with Gasteiger partial charge in [-0.3, -0.25) is 4.79 Å². The van der Waals surface area contributed by atoms with Crippen LogP contribution >= 0.6 is 0 Å². The van der Waals surface area contributed by atoms with Crippen molar-refractivity contribution in [3.05, 3.63) is 34.7 Å². The lowest BCUT2D eigenvalue weighted by Crippen LogP contribution is -2.36. The van der Waals surface area contributed by atoms with Gasteiger partial charge >= 0.3 is 0 Å². The average molecular weight is 329 g/mol. The van der Waals surface area contributed by atoms with E-state index in [1.54, 1.807) is 0 Å². The van der Waals surface area contributed by atoms with E-state index in [9.17, 15) is 4.79 Å². The second-order valence-electron chi connectivity index (χ2n) is 6.99. The molecule has 3 aliphatic rings. The van der Waals surface area contributed by atoms with E-state index in [1.165, 1.54) is 12.8 Å². The maximum Gasteiger partial charge on any atom is 0.193 e. The molecule has 2 unspecified atom stereocenters. The van der Waals surface area contributed by atoms with Crippen LogP contribution in [-0.2, 0) is 14.3 Å². The molecule has 1 saturated carbocycles. The van der Waals surface area contributed by atoms with Gasteiger partial charge in [0.15, 0.2) is 5.78 Å². The van der Waals surface area contributed by atoms with Crippen molar-refractivity contribution in [2.75, 3.05) is 19.8 Å². The zero-order valence-electron chi connectivity index (χ0n) is 14.2. The molecule has 2 aliphatic carbocycles. The smallest absolute Gasteiger partial charge is 0.193 e. The Hall–Kier alpha value is -1.72. The first-order valence-corrected chi connectivity index (χ1v) is 8.72. The molecule has 0 amide bonds. The Kier molecular flexibility index (Phi) is 4.14. The average Bonchev–Trinajstić information content (AvgIpc) is 3.40. The first-order valence-electron chi connectivity index (χ1n) is 8.72.